The van der Waals surface area contributed by atoms with Crippen molar-refractivity contribution in [3.05, 3.63) is 72.1 Å². The van der Waals surface area contributed by atoms with E-state index in [2.05, 4.69) is 37.7 Å². The van der Waals surface area contributed by atoms with Crippen LogP contribution < -0.4 is 10.6 Å². The number of carboxylic acid groups (broad SMARTS) is 1. The van der Waals surface area contributed by atoms with E-state index in [1.165, 1.54) is 7.11 Å². The fourth-order valence-electron chi connectivity index (χ4n) is 7.09. The van der Waals surface area contributed by atoms with E-state index in [4.69, 9.17) is 9.72 Å². The quantitative estimate of drug-likeness (QED) is 0.108. The van der Waals surface area contributed by atoms with Gasteiger partial charge in [0.25, 0.3) is 5.91 Å². The molecule has 14 nitrogen and oxygen atoms in total. The Bertz CT molecular complexity index is 2060. The van der Waals surface area contributed by atoms with Crippen molar-refractivity contribution >= 4 is 56.1 Å². The lowest BCUT2D eigenvalue weighted by atomic mass is 10.0. The van der Waals surface area contributed by atoms with Gasteiger partial charge in [0.2, 0.25) is 5.91 Å². The number of fused-ring (bicyclic) bond motifs is 1. The van der Waals surface area contributed by atoms with Crippen molar-refractivity contribution in [2.45, 2.75) is 63.7 Å². The molecular formula is C36H40N8O6S2. The first-order valence-electron chi connectivity index (χ1n) is 17.3. The van der Waals surface area contributed by atoms with Gasteiger partial charge in [-0.05, 0) is 49.3 Å². The van der Waals surface area contributed by atoms with E-state index < -0.39 is 24.3 Å². The number of nitrogens with zero attached hydrogens (tertiary/aromatic N) is 4. The first-order valence-corrected chi connectivity index (χ1v) is 18.9. The van der Waals surface area contributed by atoms with E-state index in [-0.39, 0.29) is 29.8 Å². The maximum atomic E-state index is 13.9. The van der Waals surface area contributed by atoms with Gasteiger partial charge in [0.05, 0.1) is 46.5 Å². The minimum absolute atomic E-state index is 0.190. The second kappa shape index (κ2) is 14.8. The number of aromatic amines is 2. The van der Waals surface area contributed by atoms with Crippen LogP contribution in [0.25, 0.3) is 30.5 Å². The van der Waals surface area contributed by atoms with E-state index in [1.54, 1.807) is 38.7 Å². The lowest BCUT2D eigenvalue weighted by Crippen LogP contribution is -2.50. The number of aromatic nitrogens is 4. The third-order valence-corrected chi connectivity index (χ3v) is 12.0. The lowest BCUT2D eigenvalue weighted by molar-refractivity contribution is -0.135. The van der Waals surface area contributed by atoms with Crippen LogP contribution in [0.2, 0.25) is 0 Å². The minimum atomic E-state index is -1.22. The molecule has 0 spiro atoms. The molecule has 2 saturated heterocycles. The van der Waals surface area contributed by atoms with E-state index in [0.717, 1.165) is 56.2 Å². The summed E-state index contributed by atoms with van der Waals surface area (Å²) in [5, 5.41) is 14.4. The number of ether oxygens (including phenoxy) is 1. The van der Waals surface area contributed by atoms with Crippen LogP contribution in [0.15, 0.2) is 54.9 Å². The first kappa shape index (κ1) is 35.2. The third-order valence-electron chi connectivity index (χ3n) is 9.66. The van der Waals surface area contributed by atoms with Crippen LogP contribution in [0, 0.1) is 5.92 Å². The number of amides is 4. The zero-order valence-electron chi connectivity index (χ0n) is 28.9. The van der Waals surface area contributed by atoms with Gasteiger partial charge in [0, 0.05) is 28.7 Å². The monoisotopic (exact) mass is 744 g/mol. The van der Waals surface area contributed by atoms with Gasteiger partial charge in [-0.2, -0.15) is 0 Å². The molecule has 272 valence electrons. The number of carbonyl (C=O) groups excluding carboxylic acids is 3. The number of hydrogen-bond donors (Lipinski definition) is 5. The number of H-pyrrole nitrogens is 2. The normalized spacial score (nSPS) is 18.5. The highest BCUT2D eigenvalue weighted by Crippen LogP contribution is 2.42. The van der Waals surface area contributed by atoms with Crippen molar-refractivity contribution in [3.63, 3.8) is 0 Å². The summed E-state index contributed by atoms with van der Waals surface area (Å²) in [6, 6.07) is 11.2. The summed E-state index contributed by atoms with van der Waals surface area (Å²) >= 11 is 3.27. The second-order valence-electron chi connectivity index (χ2n) is 13.3. The number of alkyl carbamates (subject to hydrolysis) is 1. The maximum Gasteiger partial charge on any atom is 0.407 e. The summed E-state index contributed by atoms with van der Waals surface area (Å²) in [5.41, 5.74) is 2.33. The van der Waals surface area contributed by atoms with Crippen LogP contribution in [-0.4, -0.2) is 85.1 Å². The van der Waals surface area contributed by atoms with Crippen molar-refractivity contribution in [3.8, 4) is 21.1 Å². The average molecular weight is 745 g/mol. The zero-order chi connectivity index (χ0) is 36.5. The number of hydrogen-bond acceptors (Lipinski definition) is 9. The van der Waals surface area contributed by atoms with E-state index in [9.17, 15) is 24.3 Å². The van der Waals surface area contributed by atoms with E-state index in [1.807, 2.05) is 50.4 Å². The summed E-state index contributed by atoms with van der Waals surface area (Å²) < 4.78 is 7.02. The lowest BCUT2D eigenvalue weighted by Gasteiger charge is -2.29. The molecule has 5 aromatic rings. The highest BCUT2D eigenvalue weighted by atomic mass is 32.1. The van der Waals surface area contributed by atoms with Crippen LogP contribution in [0.1, 0.15) is 74.9 Å². The molecule has 0 radical (unpaired) electrons. The Labute approximate surface area is 307 Å². The number of carbonyl (C=O) groups is 4. The van der Waals surface area contributed by atoms with Crippen LogP contribution >= 0.6 is 22.7 Å². The Morgan fingerprint density at radius 1 is 0.923 bits per heavy atom. The van der Waals surface area contributed by atoms with E-state index >= 15 is 0 Å². The molecule has 7 rings (SSSR count). The fourth-order valence-corrected chi connectivity index (χ4v) is 9.41. The number of likely N-dealkylation sites (tertiary alicyclic amines) is 2. The van der Waals surface area contributed by atoms with Gasteiger partial charge in [-0.25, -0.2) is 19.6 Å². The summed E-state index contributed by atoms with van der Waals surface area (Å²) in [4.78, 5) is 72.7. The van der Waals surface area contributed by atoms with Crippen LogP contribution in [0.5, 0.6) is 0 Å². The number of thiophene rings is 2. The SMILES string of the molecule is COC(=O)N[C@@H](C(=O)N1CCCC1c1nc(-c2cc3sc(-c4cnc([C@@H]5CCCN5C(=O)[C@@H](NC(=O)O)C(C)C)[nH]4)cc3s2)c[nH]1)c1ccccc1. The Morgan fingerprint density at radius 2 is 1.58 bits per heavy atom. The summed E-state index contributed by atoms with van der Waals surface area (Å²) in [6.07, 6.45) is 4.90. The third kappa shape index (κ3) is 6.99. The molecule has 1 aromatic carbocycles. The highest BCUT2D eigenvalue weighted by Gasteiger charge is 2.38. The zero-order valence-corrected chi connectivity index (χ0v) is 30.6. The van der Waals surface area contributed by atoms with Crippen LogP contribution in [0.4, 0.5) is 9.59 Å². The van der Waals surface area contributed by atoms with Gasteiger partial charge in [0.15, 0.2) is 0 Å². The summed E-state index contributed by atoms with van der Waals surface area (Å²) in [5.74, 6) is 0.750. The molecule has 0 aliphatic carbocycles. The molecule has 4 aromatic heterocycles. The van der Waals surface area contributed by atoms with Crippen LogP contribution in [0.3, 0.4) is 0 Å². The molecule has 0 saturated carbocycles. The van der Waals surface area contributed by atoms with Crippen molar-refractivity contribution in [1.29, 1.82) is 0 Å². The molecule has 2 aliphatic heterocycles. The van der Waals surface area contributed by atoms with E-state index in [0.29, 0.717) is 30.3 Å². The van der Waals surface area contributed by atoms with Gasteiger partial charge in [-0.3, -0.25) is 9.59 Å². The van der Waals surface area contributed by atoms with Crippen molar-refractivity contribution in [1.82, 2.24) is 40.4 Å². The Morgan fingerprint density at radius 3 is 2.25 bits per heavy atom. The summed E-state index contributed by atoms with van der Waals surface area (Å²) in [6.45, 7) is 4.76. The predicted molar refractivity (Wildman–Crippen MR) is 197 cm³/mol. The number of nitrogens with one attached hydrogen (secondary N) is 4. The number of imidazole rings is 2. The second-order valence-corrected chi connectivity index (χ2v) is 15.5. The van der Waals surface area contributed by atoms with Gasteiger partial charge in [-0.1, -0.05) is 44.2 Å². The van der Waals surface area contributed by atoms with Gasteiger partial charge < -0.3 is 40.2 Å². The molecular weight excluding hydrogens is 705 g/mol. The molecule has 2 fully saturated rings. The standard InChI is InChI=1S/C36H40N8O6S2/c1-19(2)29(41-35(47)48)33(45)43-13-7-11-23(43)31-37-17-21(39-31)25-15-27-28(51-25)16-26(52-27)22-18-38-32(40-22)24-12-8-14-44(24)34(46)30(42-36(49)50-3)20-9-5-4-6-10-20/h4-6,9-10,15-19,23-24,29-30,41H,7-8,11-14H2,1-3H3,(H,37,39)(H,38,40)(H,42,49)(H,47,48)/t23-,24?,29-,30+/m0/s1. The predicted octanol–water partition coefficient (Wildman–Crippen LogP) is 6.46. The Kier molecular flexibility index (Phi) is 10.0. The number of methoxy groups -OCH3 is 1. The molecule has 4 atom stereocenters. The number of rotatable bonds is 10. The smallest absolute Gasteiger partial charge is 0.407 e. The molecule has 2 aliphatic rings. The average Bonchev–Trinajstić information content (AvgIpc) is 3.97. The number of benzene rings is 1. The molecule has 5 N–H and O–H groups in total. The highest BCUT2D eigenvalue weighted by molar-refractivity contribution is 7.31. The maximum absolute atomic E-state index is 13.9. The van der Waals surface area contributed by atoms with Crippen LogP contribution in [-0.2, 0) is 14.3 Å². The van der Waals surface area contributed by atoms with Crippen molar-refractivity contribution in [2.75, 3.05) is 20.2 Å². The molecule has 1 unspecified atom stereocenters. The fraction of sp³-hybridized carbons (Fsp3) is 0.389. The molecule has 4 amide bonds. The summed E-state index contributed by atoms with van der Waals surface area (Å²) in [7, 11) is 1.28. The topological polar surface area (TPSA) is 186 Å². The molecule has 52 heavy (non-hydrogen) atoms. The molecule has 0 bridgehead atoms. The minimum Gasteiger partial charge on any atom is -0.465 e. The Balaban J connectivity index is 1.06. The first-order chi connectivity index (χ1) is 25.1. The molecule has 16 heteroatoms. The molecule has 6 heterocycles. The van der Waals surface area contributed by atoms with Gasteiger partial charge in [0.1, 0.15) is 23.7 Å². The largest absolute Gasteiger partial charge is 0.465 e. The van der Waals surface area contributed by atoms with Crippen molar-refractivity contribution < 1.29 is 29.0 Å². The van der Waals surface area contributed by atoms with Crippen molar-refractivity contribution in [2.24, 2.45) is 5.92 Å². The van der Waals surface area contributed by atoms with Gasteiger partial charge in [-0.15, -0.1) is 22.7 Å². The Hall–Kier alpha value is -5.22. The van der Waals surface area contributed by atoms with Gasteiger partial charge >= 0.3 is 12.2 Å².